The molecule has 3 heteroatoms. The smallest absolute Gasteiger partial charge is 0.105 e. The highest BCUT2D eigenvalue weighted by molar-refractivity contribution is 5.62. The Hall–Kier alpha value is -1.64. The molecule has 72 valence electrons. The largest absolute Gasteiger partial charge is 0.331 e. The average Bonchev–Trinajstić information content (AvgIpc) is 2.49. The van der Waals surface area contributed by atoms with Gasteiger partial charge in [0, 0.05) is 25.0 Å². The second-order valence-corrected chi connectivity index (χ2v) is 3.44. The third-order valence-corrected chi connectivity index (χ3v) is 2.54. The summed E-state index contributed by atoms with van der Waals surface area (Å²) in [6.07, 6.45) is 5.58. The molecule has 2 aromatic heterocycles. The number of aryl methyl sites for hydroxylation is 2. The molecule has 0 amide bonds. The highest BCUT2D eigenvalue weighted by atomic mass is 15.0. The monoisotopic (exact) mass is 187 g/mol. The standard InChI is InChI=1S/C11H13N3/c1-8-4-5-12-6-10(8)11-7-13-9(2)14(11)3/h4-7H,1-3H3. The molecule has 14 heavy (non-hydrogen) atoms. The Morgan fingerprint density at radius 1 is 1.21 bits per heavy atom. The quantitative estimate of drug-likeness (QED) is 0.684. The van der Waals surface area contributed by atoms with Crippen molar-refractivity contribution in [3.05, 3.63) is 36.0 Å². The summed E-state index contributed by atoms with van der Waals surface area (Å²) < 4.78 is 2.07. The molecule has 0 fully saturated rings. The van der Waals surface area contributed by atoms with Crippen LogP contribution in [0.1, 0.15) is 11.4 Å². The molecule has 0 aliphatic carbocycles. The maximum absolute atomic E-state index is 4.27. The predicted molar refractivity (Wildman–Crippen MR) is 55.9 cm³/mol. The van der Waals surface area contributed by atoms with Crippen LogP contribution in [-0.4, -0.2) is 14.5 Å². The van der Waals surface area contributed by atoms with Gasteiger partial charge in [0.1, 0.15) is 5.82 Å². The first-order valence-electron chi connectivity index (χ1n) is 4.59. The SMILES string of the molecule is Cc1ccncc1-c1cnc(C)n1C. The summed E-state index contributed by atoms with van der Waals surface area (Å²) in [6, 6.07) is 2.01. The lowest BCUT2D eigenvalue weighted by Gasteiger charge is -2.05. The summed E-state index contributed by atoms with van der Waals surface area (Å²) in [5, 5.41) is 0. The molecule has 0 spiro atoms. The number of aromatic nitrogens is 3. The number of pyridine rings is 1. The lowest BCUT2D eigenvalue weighted by atomic mass is 10.1. The van der Waals surface area contributed by atoms with Gasteiger partial charge in [0.25, 0.3) is 0 Å². The normalized spacial score (nSPS) is 10.5. The Morgan fingerprint density at radius 3 is 2.57 bits per heavy atom. The number of nitrogens with zero attached hydrogens (tertiary/aromatic N) is 3. The summed E-state index contributed by atoms with van der Waals surface area (Å²) in [5.41, 5.74) is 3.49. The maximum Gasteiger partial charge on any atom is 0.105 e. The van der Waals surface area contributed by atoms with Gasteiger partial charge < -0.3 is 4.57 Å². The summed E-state index contributed by atoms with van der Waals surface area (Å²) in [4.78, 5) is 8.40. The summed E-state index contributed by atoms with van der Waals surface area (Å²) in [5.74, 6) is 1.02. The van der Waals surface area contributed by atoms with Crippen LogP contribution in [0.4, 0.5) is 0 Å². The van der Waals surface area contributed by atoms with E-state index >= 15 is 0 Å². The van der Waals surface area contributed by atoms with E-state index in [1.165, 1.54) is 5.56 Å². The number of imidazole rings is 1. The Balaban J connectivity index is 2.60. The number of hydrogen-bond acceptors (Lipinski definition) is 2. The van der Waals surface area contributed by atoms with Crippen LogP contribution in [0.2, 0.25) is 0 Å². The third-order valence-electron chi connectivity index (χ3n) is 2.54. The van der Waals surface area contributed by atoms with Crippen LogP contribution in [0, 0.1) is 13.8 Å². The van der Waals surface area contributed by atoms with Crippen molar-refractivity contribution >= 4 is 0 Å². The molecule has 0 aromatic carbocycles. The molecule has 0 unspecified atom stereocenters. The highest BCUT2D eigenvalue weighted by Gasteiger charge is 2.07. The zero-order valence-electron chi connectivity index (χ0n) is 8.65. The minimum atomic E-state index is 1.02. The van der Waals surface area contributed by atoms with Gasteiger partial charge in [-0.25, -0.2) is 4.98 Å². The van der Waals surface area contributed by atoms with Crippen LogP contribution in [0.25, 0.3) is 11.3 Å². The van der Waals surface area contributed by atoms with Crippen LogP contribution in [0.3, 0.4) is 0 Å². The van der Waals surface area contributed by atoms with E-state index in [1.54, 1.807) is 0 Å². The molecule has 0 N–H and O–H groups in total. The van der Waals surface area contributed by atoms with Crippen LogP contribution in [-0.2, 0) is 7.05 Å². The maximum atomic E-state index is 4.27. The second-order valence-electron chi connectivity index (χ2n) is 3.44. The molecule has 0 bridgehead atoms. The molecular formula is C11H13N3. The Labute approximate surface area is 83.4 Å². The van der Waals surface area contributed by atoms with Crippen molar-refractivity contribution in [1.29, 1.82) is 0 Å². The van der Waals surface area contributed by atoms with Gasteiger partial charge in [-0.1, -0.05) is 0 Å². The molecular weight excluding hydrogens is 174 g/mol. The highest BCUT2D eigenvalue weighted by Crippen LogP contribution is 2.21. The molecule has 0 radical (unpaired) electrons. The molecule has 2 aromatic rings. The molecule has 2 heterocycles. The zero-order valence-corrected chi connectivity index (χ0v) is 8.65. The molecule has 3 nitrogen and oxygen atoms in total. The third kappa shape index (κ3) is 1.31. The Kier molecular flexibility index (Phi) is 2.08. The zero-order chi connectivity index (χ0) is 10.1. The fourth-order valence-corrected chi connectivity index (χ4v) is 1.48. The topological polar surface area (TPSA) is 30.7 Å². The van der Waals surface area contributed by atoms with E-state index in [0.717, 1.165) is 17.1 Å². The lowest BCUT2D eigenvalue weighted by Crippen LogP contribution is -1.95. The minimum absolute atomic E-state index is 1.02. The van der Waals surface area contributed by atoms with Gasteiger partial charge in [-0.05, 0) is 25.5 Å². The van der Waals surface area contributed by atoms with E-state index in [2.05, 4.69) is 21.5 Å². The summed E-state index contributed by atoms with van der Waals surface area (Å²) >= 11 is 0. The molecule has 0 aliphatic rings. The molecule has 0 saturated heterocycles. The van der Waals surface area contributed by atoms with E-state index in [-0.39, 0.29) is 0 Å². The predicted octanol–water partition coefficient (Wildman–Crippen LogP) is 2.10. The number of hydrogen-bond donors (Lipinski definition) is 0. The summed E-state index contributed by atoms with van der Waals surface area (Å²) in [7, 11) is 2.02. The lowest BCUT2D eigenvalue weighted by molar-refractivity contribution is 0.863. The fourth-order valence-electron chi connectivity index (χ4n) is 1.48. The fraction of sp³-hybridized carbons (Fsp3) is 0.273. The van der Waals surface area contributed by atoms with Crippen molar-refractivity contribution in [3.63, 3.8) is 0 Å². The Bertz CT molecular complexity index is 457. The van der Waals surface area contributed by atoms with Crippen molar-refractivity contribution < 1.29 is 0 Å². The summed E-state index contributed by atoms with van der Waals surface area (Å²) in [6.45, 7) is 4.08. The van der Waals surface area contributed by atoms with Gasteiger partial charge in [0.05, 0.1) is 11.9 Å². The van der Waals surface area contributed by atoms with E-state index in [0.29, 0.717) is 0 Å². The first-order valence-corrected chi connectivity index (χ1v) is 4.59. The van der Waals surface area contributed by atoms with Crippen LogP contribution < -0.4 is 0 Å². The van der Waals surface area contributed by atoms with Crippen LogP contribution >= 0.6 is 0 Å². The van der Waals surface area contributed by atoms with Crippen molar-refractivity contribution in [2.24, 2.45) is 7.05 Å². The molecule has 0 atom stereocenters. The molecule has 0 saturated carbocycles. The van der Waals surface area contributed by atoms with Gasteiger partial charge in [-0.2, -0.15) is 0 Å². The number of rotatable bonds is 1. The van der Waals surface area contributed by atoms with E-state index in [1.807, 2.05) is 38.6 Å². The molecule has 2 rings (SSSR count). The van der Waals surface area contributed by atoms with Gasteiger partial charge in [-0.15, -0.1) is 0 Å². The molecule has 0 aliphatic heterocycles. The average molecular weight is 187 g/mol. The first-order chi connectivity index (χ1) is 6.70. The van der Waals surface area contributed by atoms with Gasteiger partial charge in [0.15, 0.2) is 0 Å². The first kappa shape index (κ1) is 8.94. The van der Waals surface area contributed by atoms with Crippen molar-refractivity contribution in [1.82, 2.24) is 14.5 Å². The van der Waals surface area contributed by atoms with Crippen molar-refractivity contribution in [2.75, 3.05) is 0 Å². The Morgan fingerprint density at radius 2 is 2.00 bits per heavy atom. The van der Waals surface area contributed by atoms with Gasteiger partial charge in [-0.3, -0.25) is 4.98 Å². The van der Waals surface area contributed by atoms with Crippen LogP contribution in [0.5, 0.6) is 0 Å². The van der Waals surface area contributed by atoms with E-state index in [4.69, 9.17) is 0 Å². The van der Waals surface area contributed by atoms with Gasteiger partial charge >= 0.3 is 0 Å². The minimum Gasteiger partial charge on any atom is -0.331 e. The van der Waals surface area contributed by atoms with E-state index < -0.39 is 0 Å². The van der Waals surface area contributed by atoms with Crippen LogP contribution in [0.15, 0.2) is 24.7 Å². The van der Waals surface area contributed by atoms with Crippen molar-refractivity contribution in [3.8, 4) is 11.3 Å². The van der Waals surface area contributed by atoms with Crippen molar-refractivity contribution in [2.45, 2.75) is 13.8 Å². The van der Waals surface area contributed by atoms with Gasteiger partial charge in [0.2, 0.25) is 0 Å². The second kappa shape index (κ2) is 3.25. The van der Waals surface area contributed by atoms with E-state index in [9.17, 15) is 0 Å².